The van der Waals surface area contributed by atoms with Gasteiger partial charge in [0.25, 0.3) is 0 Å². The molecule has 1 fully saturated rings. The molecule has 1 heterocycles. The molecule has 21 heavy (non-hydrogen) atoms. The van der Waals surface area contributed by atoms with Gasteiger partial charge in [0.05, 0.1) is 38.4 Å². The van der Waals surface area contributed by atoms with Gasteiger partial charge in [-0.05, 0) is 6.42 Å². The summed E-state index contributed by atoms with van der Waals surface area (Å²) in [5.74, 6) is 2.39. The summed E-state index contributed by atoms with van der Waals surface area (Å²) in [5.41, 5.74) is 0.852. The molecule has 0 bridgehead atoms. The van der Waals surface area contributed by atoms with Gasteiger partial charge in [-0.1, -0.05) is 0 Å². The van der Waals surface area contributed by atoms with Gasteiger partial charge in [-0.2, -0.15) is 0 Å². The number of rotatable bonds is 6. The Hall–Kier alpha value is -1.47. The topological polar surface area (TPSA) is 73.9 Å². The summed E-state index contributed by atoms with van der Waals surface area (Å²) in [7, 11) is 1.85. The smallest absolute Gasteiger partial charge is 0.151 e. The van der Waals surface area contributed by atoms with Crippen LogP contribution in [0.2, 0.25) is 0 Å². The average molecular weight is 315 g/mol. The van der Waals surface area contributed by atoms with E-state index in [1.807, 2.05) is 0 Å². The first kappa shape index (κ1) is 15.9. The highest BCUT2D eigenvalue weighted by atomic mass is 32.2. The molecular weight excluding hydrogens is 294 g/mol. The molecule has 1 N–H and O–H groups in total. The fourth-order valence-electron chi connectivity index (χ4n) is 2.45. The van der Waals surface area contributed by atoms with Gasteiger partial charge in [0.2, 0.25) is 0 Å². The Bertz CT molecular complexity index is 574. The van der Waals surface area contributed by atoms with E-state index in [1.54, 1.807) is 33.5 Å². The van der Waals surface area contributed by atoms with Gasteiger partial charge in [0.15, 0.2) is 9.84 Å². The van der Waals surface area contributed by atoms with Gasteiger partial charge in [0.1, 0.15) is 17.2 Å². The van der Waals surface area contributed by atoms with E-state index in [0.29, 0.717) is 30.2 Å². The summed E-state index contributed by atoms with van der Waals surface area (Å²) >= 11 is 0. The molecule has 2 rings (SSSR count). The maximum Gasteiger partial charge on any atom is 0.151 e. The van der Waals surface area contributed by atoms with Crippen LogP contribution in [0.15, 0.2) is 12.1 Å². The second-order valence-corrected chi connectivity index (χ2v) is 7.22. The van der Waals surface area contributed by atoms with Crippen molar-refractivity contribution in [3.05, 3.63) is 17.7 Å². The predicted molar refractivity (Wildman–Crippen MR) is 80.0 cm³/mol. The van der Waals surface area contributed by atoms with Crippen molar-refractivity contribution < 1.29 is 22.6 Å². The summed E-state index contributed by atoms with van der Waals surface area (Å²) in [6, 6.07) is 3.54. The zero-order valence-electron chi connectivity index (χ0n) is 12.5. The lowest BCUT2D eigenvalue weighted by atomic mass is 10.1. The molecule has 1 atom stereocenters. The van der Waals surface area contributed by atoms with Crippen LogP contribution in [0.1, 0.15) is 12.0 Å². The average Bonchev–Trinajstić information content (AvgIpc) is 2.83. The number of methoxy groups -OCH3 is 3. The summed E-state index contributed by atoms with van der Waals surface area (Å²) in [4.78, 5) is 0. The summed E-state index contributed by atoms with van der Waals surface area (Å²) < 4.78 is 38.9. The number of sulfone groups is 1. The first-order valence-electron chi connectivity index (χ1n) is 6.71. The Kier molecular flexibility index (Phi) is 4.95. The van der Waals surface area contributed by atoms with E-state index in [9.17, 15) is 8.42 Å². The van der Waals surface area contributed by atoms with E-state index < -0.39 is 9.84 Å². The number of benzene rings is 1. The van der Waals surface area contributed by atoms with Gasteiger partial charge < -0.3 is 19.5 Å². The van der Waals surface area contributed by atoms with E-state index in [0.717, 1.165) is 5.56 Å². The highest BCUT2D eigenvalue weighted by molar-refractivity contribution is 7.91. The van der Waals surface area contributed by atoms with Crippen LogP contribution in [0.5, 0.6) is 17.2 Å². The van der Waals surface area contributed by atoms with Crippen LogP contribution in [0.3, 0.4) is 0 Å². The molecule has 0 radical (unpaired) electrons. The minimum atomic E-state index is -2.89. The largest absolute Gasteiger partial charge is 0.496 e. The molecule has 1 aromatic rings. The zero-order chi connectivity index (χ0) is 15.5. The van der Waals surface area contributed by atoms with Crippen molar-refractivity contribution in [2.75, 3.05) is 32.8 Å². The van der Waals surface area contributed by atoms with Crippen LogP contribution in [0.4, 0.5) is 0 Å². The number of hydrogen-bond acceptors (Lipinski definition) is 6. The lowest BCUT2D eigenvalue weighted by Gasteiger charge is -2.17. The van der Waals surface area contributed by atoms with Crippen LogP contribution in [0, 0.1) is 0 Å². The molecule has 118 valence electrons. The SMILES string of the molecule is COc1cc(OC)c(CNC2CCS(=O)(=O)C2)c(OC)c1. The van der Waals surface area contributed by atoms with Crippen molar-refractivity contribution >= 4 is 9.84 Å². The predicted octanol–water partition coefficient (Wildman–Crippen LogP) is 0.989. The van der Waals surface area contributed by atoms with Gasteiger partial charge >= 0.3 is 0 Å². The van der Waals surface area contributed by atoms with Crippen molar-refractivity contribution in [3.8, 4) is 17.2 Å². The first-order chi connectivity index (χ1) is 9.99. The first-order valence-corrected chi connectivity index (χ1v) is 8.54. The summed E-state index contributed by atoms with van der Waals surface area (Å²) in [6.07, 6.45) is 0.642. The maximum absolute atomic E-state index is 11.5. The van der Waals surface area contributed by atoms with Crippen LogP contribution in [-0.4, -0.2) is 47.3 Å². The Morgan fingerprint density at radius 3 is 2.19 bits per heavy atom. The molecule has 0 amide bonds. The number of nitrogens with one attached hydrogen (secondary N) is 1. The quantitative estimate of drug-likeness (QED) is 0.844. The monoisotopic (exact) mass is 315 g/mol. The molecule has 1 saturated heterocycles. The molecule has 1 unspecified atom stereocenters. The summed E-state index contributed by atoms with van der Waals surface area (Å²) in [6.45, 7) is 0.483. The molecule has 7 heteroatoms. The number of ether oxygens (including phenoxy) is 3. The standard InChI is InChI=1S/C14H21NO5S/c1-18-11-6-13(19-2)12(14(7-11)20-3)8-15-10-4-5-21(16,17)9-10/h6-7,10,15H,4-5,8-9H2,1-3H3. The summed E-state index contributed by atoms with van der Waals surface area (Å²) in [5, 5.41) is 3.26. The molecule has 1 aromatic carbocycles. The molecule has 0 saturated carbocycles. The Morgan fingerprint density at radius 2 is 1.76 bits per heavy atom. The van der Waals surface area contributed by atoms with Crippen LogP contribution < -0.4 is 19.5 Å². The molecule has 1 aliphatic heterocycles. The Balaban J connectivity index is 2.15. The molecule has 0 spiro atoms. The third-order valence-corrected chi connectivity index (χ3v) is 5.38. The fourth-order valence-corrected chi connectivity index (χ4v) is 4.16. The van der Waals surface area contributed by atoms with Gasteiger partial charge in [0, 0.05) is 24.7 Å². The minimum absolute atomic E-state index is 0.0217. The van der Waals surface area contributed by atoms with Crippen molar-refractivity contribution in [1.82, 2.24) is 5.32 Å². The maximum atomic E-state index is 11.5. The highest BCUT2D eigenvalue weighted by Gasteiger charge is 2.27. The van der Waals surface area contributed by atoms with Crippen LogP contribution in [-0.2, 0) is 16.4 Å². The molecule has 6 nitrogen and oxygen atoms in total. The van der Waals surface area contributed by atoms with Crippen LogP contribution >= 0.6 is 0 Å². The molecule has 0 aromatic heterocycles. The van der Waals surface area contributed by atoms with Gasteiger partial charge in [-0.3, -0.25) is 0 Å². The lowest BCUT2D eigenvalue weighted by molar-refractivity contribution is 0.365. The molecular formula is C14H21NO5S. The van der Waals surface area contributed by atoms with E-state index in [1.165, 1.54) is 0 Å². The second-order valence-electron chi connectivity index (χ2n) is 4.99. The fraction of sp³-hybridized carbons (Fsp3) is 0.571. The number of hydrogen-bond donors (Lipinski definition) is 1. The van der Waals surface area contributed by atoms with Crippen molar-refractivity contribution in [2.45, 2.75) is 19.0 Å². The Labute approximate surface area is 125 Å². The third kappa shape index (κ3) is 3.79. The van der Waals surface area contributed by atoms with Crippen molar-refractivity contribution in [3.63, 3.8) is 0 Å². The second kappa shape index (κ2) is 6.53. The minimum Gasteiger partial charge on any atom is -0.496 e. The van der Waals surface area contributed by atoms with Crippen molar-refractivity contribution in [2.24, 2.45) is 0 Å². The van der Waals surface area contributed by atoms with Crippen LogP contribution in [0.25, 0.3) is 0 Å². The third-order valence-electron chi connectivity index (χ3n) is 3.62. The van der Waals surface area contributed by atoms with E-state index >= 15 is 0 Å². The Morgan fingerprint density at radius 1 is 1.14 bits per heavy atom. The van der Waals surface area contributed by atoms with Gasteiger partial charge in [-0.25, -0.2) is 8.42 Å². The van der Waals surface area contributed by atoms with E-state index in [-0.39, 0.29) is 17.5 Å². The molecule has 1 aliphatic rings. The zero-order valence-corrected chi connectivity index (χ0v) is 13.3. The van der Waals surface area contributed by atoms with Crippen molar-refractivity contribution in [1.29, 1.82) is 0 Å². The van der Waals surface area contributed by atoms with Gasteiger partial charge in [-0.15, -0.1) is 0 Å². The van der Waals surface area contributed by atoms with E-state index in [4.69, 9.17) is 14.2 Å². The van der Waals surface area contributed by atoms with E-state index in [2.05, 4.69) is 5.32 Å². The lowest BCUT2D eigenvalue weighted by Crippen LogP contribution is -2.29. The highest BCUT2D eigenvalue weighted by Crippen LogP contribution is 2.34. The molecule has 0 aliphatic carbocycles. The normalized spacial score (nSPS) is 20.2.